The molecule has 0 spiro atoms. The molecule has 1 aromatic heterocycles. The second kappa shape index (κ2) is 8.24. The van der Waals surface area contributed by atoms with Crippen molar-refractivity contribution in [1.82, 2.24) is 15.3 Å². The summed E-state index contributed by atoms with van der Waals surface area (Å²) in [6.45, 7) is 3.34. The topological polar surface area (TPSA) is 90.5 Å². The van der Waals surface area contributed by atoms with Gasteiger partial charge in [-0.1, -0.05) is 0 Å². The Kier molecular flexibility index (Phi) is 5.36. The first-order valence-corrected chi connectivity index (χ1v) is 9.62. The Morgan fingerprint density at radius 3 is 2.75 bits per heavy atom. The third kappa shape index (κ3) is 4.21. The summed E-state index contributed by atoms with van der Waals surface area (Å²) in [6, 6.07) is 7.67. The van der Waals surface area contributed by atoms with Crippen molar-refractivity contribution in [3.8, 4) is 0 Å². The van der Waals surface area contributed by atoms with E-state index in [2.05, 4.69) is 25.5 Å². The Bertz CT molecular complexity index is 826. The van der Waals surface area contributed by atoms with Crippen LogP contribution in [0.15, 0.2) is 42.9 Å². The highest BCUT2D eigenvalue weighted by molar-refractivity contribution is 5.93. The zero-order valence-corrected chi connectivity index (χ0v) is 15.7. The van der Waals surface area contributed by atoms with Gasteiger partial charge >= 0.3 is 0 Å². The number of hydrogen-bond donors (Lipinski definition) is 2. The molecule has 4 rings (SSSR count). The Morgan fingerprint density at radius 1 is 1.14 bits per heavy atom. The summed E-state index contributed by atoms with van der Waals surface area (Å²) in [5, 5.41) is 5.84. The van der Waals surface area contributed by atoms with Crippen LogP contribution in [0.2, 0.25) is 0 Å². The molecule has 0 bridgehead atoms. The molecule has 146 valence electrons. The van der Waals surface area contributed by atoms with Crippen LogP contribution in [0.1, 0.15) is 12.8 Å². The van der Waals surface area contributed by atoms with Gasteiger partial charge in [-0.2, -0.15) is 0 Å². The number of anilines is 3. The molecular weight excluding hydrogens is 356 g/mol. The number of amides is 2. The third-order valence-electron chi connectivity index (χ3n) is 5.20. The highest BCUT2D eigenvalue weighted by Gasteiger charge is 2.26. The van der Waals surface area contributed by atoms with Crippen LogP contribution in [-0.4, -0.2) is 54.5 Å². The van der Waals surface area contributed by atoms with Crippen molar-refractivity contribution < 1.29 is 9.59 Å². The first-order chi connectivity index (χ1) is 13.7. The number of aromatic nitrogens is 2. The number of piperazine rings is 1. The van der Waals surface area contributed by atoms with Crippen LogP contribution in [0, 0.1) is 5.92 Å². The molecular formula is C20H24N6O2. The van der Waals surface area contributed by atoms with E-state index in [1.165, 1.54) is 0 Å². The average Bonchev–Trinajstić information content (AvgIpc) is 2.75. The minimum atomic E-state index is -0.0822. The van der Waals surface area contributed by atoms with Crippen LogP contribution in [0.25, 0.3) is 0 Å². The lowest BCUT2D eigenvalue weighted by atomic mass is 9.97. The molecule has 2 aromatic rings. The van der Waals surface area contributed by atoms with Crippen molar-refractivity contribution in [2.45, 2.75) is 12.8 Å². The third-order valence-corrected chi connectivity index (χ3v) is 5.20. The van der Waals surface area contributed by atoms with Crippen molar-refractivity contribution in [2.24, 2.45) is 5.92 Å². The van der Waals surface area contributed by atoms with E-state index in [0.29, 0.717) is 19.6 Å². The molecule has 2 N–H and O–H groups in total. The largest absolute Gasteiger partial charge is 0.360 e. The number of piperidine rings is 1. The van der Waals surface area contributed by atoms with Gasteiger partial charge in [-0.05, 0) is 37.1 Å². The molecule has 2 aliphatic rings. The lowest BCUT2D eigenvalue weighted by Crippen LogP contribution is -2.47. The van der Waals surface area contributed by atoms with Crippen molar-refractivity contribution in [1.29, 1.82) is 0 Å². The van der Waals surface area contributed by atoms with E-state index >= 15 is 0 Å². The minimum Gasteiger partial charge on any atom is -0.360 e. The van der Waals surface area contributed by atoms with E-state index in [4.69, 9.17) is 0 Å². The number of carbonyl (C=O) groups excluding carboxylic acids is 2. The Morgan fingerprint density at radius 2 is 2.00 bits per heavy atom. The van der Waals surface area contributed by atoms with E-state index < -0.39 is 0 Å². The fraction of sp³-hybridized carbons (Fsp3) is 0.400. The number of carbonyl (C=O) groups is 2. The number of hydrogen-bond acceptors (Lipinski definition) is 6. The van der Waals surface area contributed by atoms with Gasteiger partial charge in [0.2, 0.25) is 11.8 Å². The molecule has 28 heavy (non-hydrogen) atoms. The maximum absolute atomic E-state index is 12.7. The summed E-state index contributed by atoms with van der Waals surface area (Å²) in [7, 11) is 0. The second-order valence-electron chi connectivity index (χ2n) is 7.16. The standard InChI is InChI=1S/C20H24N6O2/c27-19-14-25(11-9-23-19)17-5-3-16(4-6-17)24-20(28)15-2-1-10-26(13-15)18-12-21-7-8-22-18/h3-8,12,15H,1-2,9-11,13-14H2,(H,23,27)(H,24,28). The van der Waals surface area contributed by atoms with E-state index in [1.807, 2.05) is 29.2 Å². The number of nitrogens with zero attached hydrogens (tertiary/aromatic N) is 4. The van der Waals surface area contributed by atoms with Gasteiger partial charge in [-0.3, -0.25) is 14.6 Å². The van der Waals surface area contributed by atoms with Crippen LogP contribution in [-0.2, 0) is 9.59 Å². The fourth-order valence-corrected chi connectivity index (χ4v) is 3.71. The first-order valence-electron chi connectivity index (χ1n) is 9.62. The van der Waals surface area contributed by atoms with Crippen molar-refractivity contribution in [3.63, 3.8) is 0 Å². The molecule has 2 aliphatic heterocycles. The molecule has 1 atom stereocenters. The first kappa shape index (κ1) is 18.2. The van der Waals surface area contributed by atoms with Crippen molar-refractivity contribution >= 4 is 29.0 Å². The summed E-state index contributed by atoms with van der Waals surface area (Å²) < 4.78 is 0. The SMILES string of the molecule is O=C1CN(c2ccc(NC(=O)C3CCCN(c4cnccn4)C3)cc2)CCN1. The number of benzene rings is 1. The lowest BCUT2D eigenvalue weighted by molar-refractivity contribution is -0.121. The average molecular weight is 380 g/mol. The van der Waals surface area contributed by atoms with Crippen LogP contribution in [0.4, 0.5) is 17.2 Å². The molecule has 1 aromatic carbocycles. The molecule has 0 saturated carbocycles. The highest BCUT2D eigenvalue weighted by atomic mass is 16.2. The van der Waals surface area contributed by atoms with Gasteiger partial charge in [0, 0.05) is 49.9 Å². The molecule has 2 fully saturated rings. The Balaban J connectivity index is 1.36. The second-order valence-corrected chi connectivity index (χ2v) is 7.16. The van der Waals surface area contributed by atoms with E-state index in [1.54, 1.807) is 18.6 Å². The number of rotatable bonds is 4. The van der Waals surface area contributed by atoms with Gasteiger partial charge in [-0.25, -0.2) is 4.98 Å². The van der Waals surface area contributed by atoms with E-state index in [9.17, 15) is 9.59 Å². The minimum absolute atomic E-state index is 0.0266. The van der Waals surface area contributed by atoms with Crippen LogP contribution < -0.4 is 20.4 Å². The molecule has 8 heteroatoms. The molecule has 2 saturated heterocycles. The van der Waals surface area contributed by atoms with Gasteiger partial charge in [-0.15, -0.1) is 0 Å². The molecule has 2 amide bonds. The van der Waals surface area contributed by atoms with Crippen LogP contribution >= 0.6 is 0 Å². The maximum atomic E-state index is 12.7. The summed E-state index contributed by atoms with van der Waals surface area (Å²) in [6.07, 6.45) is 6.87. The normalized spacial score (nSPS) is 19.9. The van der Waals surface area contributed by atoms with Crippen molar-refractivity contribution in [3.05, 3.63) is 42.9 Å². The van der Waals surface area contributed by atoms with Crippen LogP contribution in [0.3, 0.4) is 0 Å². The molecule has 0 aliphatic carbocycles. The monoisotopic (exact) mass is 380 g/mol. The summed E-state index contributed by atoms with van der Waals surface area (Å²) in [5.74, 6) is 0.795. The fourth-order valence-electron chi connectivity index (χ4n) is 3.71. The predicted octanol–water partition coefficient (Wildman–Crippen LogP) is 1.27. The Labute approximate surface area is 164 Å². The van der Waals surface area contributed by atoms with Gasteiger partial charge in [0.1, 0.15) is 5.82 Å². The highest BCUT2D eigenvalue weighted by Crippen LogP contribution is 2.23. The number of nitrogens with one attached hydrogen (secondary N) is 2. The van der Waals surface area contributed by atoms with E-state index in [-0.39, 0.29) is 17.7 Å². The molecule has 3 heterocycles. The van der Waals surface area contributed by atoms with Gasteiger partial charge in [0.15, 0.2) is 0 Å². The van der Waals surface area contributed by atoms with Crippen molar-refractivity contribution in [2.75, 3.05) is 47.8 Å². The zero-order chi connectivity index (χ0) is 19.3. The zero-order valence-electron chi connectivity index (χ0n) is 15.7. The summed E-state index contributed by atoms with van der Waals surface area (Å²) in [4.78, 5) is 36.9. The summed E-state index contributed by atoms with van der Waals surface area (Å²) >= 11 is 0. The predicted molar refractivity (Wildman–Crippen MR) is 107 cm³/mol. The lowest BCUT2D eigenvalue weighted by Gasteiger charge is -2.32. The van der Waals surface area contributed by atoms with Crippen LogP contribution in [0.5, 0.6) is 0 Å². The molecule has 1 unspecified atom stereocenters. The van der Waals surface area contributed by atoms with Gasteiger partial charge < -0.3 is 20.4 Å². The molecule has 0 radical (unpaired) electrons. The van der Waals surface area contributed by atoms with Gasteiger partial charge in [0.05, 0.1) is 18.7 Å². The Hall–Kier alpha value is -3.16. The quantitative estimate of drug-likeness (QED) is 0.830. The van der Waals surface area contributed by atoms with Gasteiger partial charge in [0.25, 0.3) is 0 Å². The summed E-state index contributed by atoms with van der Waals surface area (Å²) in [5.41, 5.74) is 1.76. The maximum Gasteiger partial charge on any atom is 0.239 e. The molecule has 8 nitrogen and oxygen atoms in total. The van der Waals surface area contributed by atoms with E-state index in [0.717, 1.165) is 43.1 Å². The smallest absolute Gasteiger partial charge is 0.239 e.